The number of esters is 1. The summed E-state index contributed by atoms with van der Waals surface area (Å²) in [6, 6.07) is -1.04. The van der Waals surface area contributed by atoms with E-state index in [2.05, 4.69) is 111 Å². The first-order chi connectivity index (χ1) is 41.7. The van der Waals surface area contributed by atoms with Crippen LogP contribution in [0.4, 0.5) is 0 Å². The molecule has 1 heterocycles. The number of rotatable bonds is 59. The van der Waals surface area contributed by atoms with Crippen molar-refractivity contribution in [1.29, 1.82) is 0 Å². The Bertz CT molecular complexity index is 1750. The lowest BCUT2D eigenvalue weighted by Crippen LogP contribution is -2.61. The molecule has 0 bridgehead atoms. The number of aliphatic hydroxyl groups excluding tert-OH is 5. The molecule has 0 saturated carbocycles. The third kappa shape index (κ3) is 48.2. The highest BCUT2D eigenvalue weighted by Crippen LogP contribution is 2.26. The molecule has 8 atom stereocenters. The van der Waals surface area contributed by atoms with Crippen LogP contribution in [0.5, 0.6) is 0 Å². The van der Waals surface area contributed by atoms with Crippen LogP contribution >= 0.6 is 0 Å². The first-order valence-corrected chi connectivity index (χ1v) is 35.0. The Labute approximate surface area is 520 Å². The number of carbonyl (C=O) groups excluding carboxylic acids is 2. The monoisotopic (exact) mass is 1190 g/mol. The van der Waals surface area contributed by atoms with Crippen molar-refractivity contribution in [2.45, 2.75) is 346 Å². The Hall–Kier alpha value is -3.42. The van der Waals surface area contributed by atoms with Crippen molar-refractivity contribution >= 4 is 11.9 Å². The van der Waals surface area contributed by atoms with Crippen molar-refractivity contribution in [2.24, 2.45) is 0 Å². The molecule has 1 rings (SSSR count). The second-order valence-corrected chi connectivity index (χ2v) is 23.9. The summed E-state index contributed by atoms with van der Waals surface area (Å²) in [5.74, 6) is -1.21. The van der Waals surface area contributed by atoms with E-state index in [9.17, 15) is 35.1 Å². The van der Waals surface area contributed by atoms with Crippen molar-refractivity contribution in [3.8, 4) is 0 Å². The van der Waals surface area contributed by atoms with E-state index in [1.165, 1.54) is 128 Å². The van der Waals surface area contributed by atoms with Crippen molar-refractivity contribution < 1.29 is 49.3 Å². The lowest BCUT2D eigenvalue weighted by Gasteiger charge is -2.41. The van der Waals surface area contributed by atoms with Crippen LogP contribution in [0.1, 0.15) is 297 Å². The average Bonchev–Trinajstić information content (AvgIpc) is 3.19. The van der Waals surface area contributed by atoms with Crippen LogP contribution < -0.4 is 5.32 Å². The third-order valence-corrected chi connectivity index (χ3v) is 16.0. The van der Waals surface area contributed by atoms with Gasteiger partial charge in [0.1, 0.15) is 24.4 Å². The van der Waals surface area contributed by atoms with Gasteiger partial charge in [-0.3, -0.25) is 9.59 Å². The number of aliphatic hydroxyl groups is 5. The van der Waals surface area contributed by atoms with E-state index in [1.54, 1.807) is 6.08 Å². The summed E-state index contributed by atoms with van der Waals surface area (Å²) in [4.78, 5) is 26.7. The molecule has 1 saturated heterocycles. The topological polar surface area (TPSA) is 175 Å². The molecule has 11 nitrogen and oxygen atoms in total. The Balaban J connectivity index is 2.64. The van der Waals surface area contributed by atoms with Crippen molar-refractivity contribution in [1.82, 2.24) is 5.32 Å². The smallest absolute Gasteiger partial charge is 0.306 e. The van der Waals surface area contributed by atoms with Crippen LogP contribution in [0.15, 0.2) is 97.2 Å². The standard InChI is InChI=1S/C74H129NO10/c1-4-7-10-13-16-19-22-25-27-29-31-33-35-36-38-40-43-46-49-52-55-58-61-67(78)73(82)75-65(66(77)60-57-54-51-48-45-42-24-21-18-15-12-9-6-3)64-83-74-72(71(81)70(80)68(63-76)84-74)85-69(79)62-59-56-53-50-47-44-41-39-37-34-32-30-28-26-23-20-17-14-11-8-5-2/h16-17,19-20,25-28,31-34,36,38,57,60,65-68,70-72,74,76-78,80-81H,4-15,18,21-24,29-30,35,37,39-56,58-59,61-64H2,1-3H3,(H,75,82)/b19-16-,20-17-,27-25-,28-26-,33-31-,34-32-,38-36-,60-57+. The van der Waals surface area contributed by atoms with E-state index >= 15 is 0 Å². The van der Waals surface area contributed by atoms with Gasteiger partial charge in [0.05, 0.1) is 25.4 Å². The molecule has 0 spiro atoms. The molecule has 0 aromatic heterocycles. The predicted molar refractivity (Wildman–Crippen MR) is 356 cm³/mol. The minimum Gasteiger partial charge on any atom is -0.454 e. The maximum Gasteiger partial charge on any atom is 0.306 e. The molecule has 1 aliphatic heterocycles. The highest BCUT2D eigenvalue weighted by Gasteiger charge is 2.47. The second-order valence-electron chi connectivity index (χ2n) is 23.9. The molecule has 11 heteroatoms. The summed E-state index contributed by atoms with van der Waals surface area (Å²) in [5.41, 5.74) is 0. The van der Waals surface area contributed by atoms with Crippen LogP contribution in [0.2, 0.25) is 0 Å². The molecule has 6 N–H and O–H groups in total. The van der Waals surface area contributed by atoms with Gasteiger partial charge >= 0.3 is 5.97 Å². The third-order valence-electron chi connectivity index (χ3n) is 16.0. The number of unbranched alkanes of at least 4 members (excludes halogenated alkanes) is 31. The first kappa shape index (κ1) is 79.6. The number of nitrogens with one attached hydrogen (secondary N) is 1. The lowest BCUT2D eigenvalue weighted by atomic mass is 9.99. The number of hydrogen-bond donors (Lipinski definition) is 6. The Morgan fingerprint density at radius 3 is 1.24 bits per heavy atom. The first-order valence-electron chi connectivity index (χ1n) is 35.0. The van der Waals surface area contributed by atoms with Crippen LogP contribution in [0.3, 0.4) is 0 Å². The summed E-state index contributed by atoms with van der Waals surface area (Å²) in [6.07, 6.45) is 71.4. The van der Waals surface area contributed by atoms with Gasteiger partial charge < -0.3 is 45.1 Å². The normalized spacial score (nSPS) is 19.0. The van der Waals surface area contributed by atoms with Gasteiger partial charge in [0.2, 0.25) is 5.91 Å². The highest BCUT2D eigenvalue weighted by molar-refractivity contribution is 5.80. The number of allylic oxidation sites excluding steroid dienone is 15. The predicted octanol–water partition coefficient (Wildman–Crippen LogP) is 17.8. The zero-order valence-electron chi connectivity index (χ0n) is 54.5. The maximum absolute atomic E-state index is 13.5. The summed E-state index contributed by atoms with van der Waals surface area (Å²) in [7, 11) is 0. The Morgan fingerprint density at radius 1 is 0.459 bits per heavy atom. The van der Waals surface area contributed by atoms with Gasteiger partial charge in [0.25, 0.3) is 0 Å². The Morgan fingerprint density at radius 2 is 0.812 bits per heavy atom. The minimum absolute atomic E-state index is 0.110. The molecule has 1 fully saturated rings. The van der Waals surface area contributed by atoms with Crippen LogP contribution in [0, 0.1) is 0 Å². The molecule has 0 aliphatic carbocycles. The second kappa shape index (κ2) is 60.8. The van der Waals surface area contributed by atoms with E-state index in [1.807, 2.05) is 6.08 Å². The zero-order valence-corrected chi connectivity index (χ0v) is 54.5. The van der Waals surface area contributed by atoms with E-state index in [4.69, 9.17) is 14.2 Å². The van der Waals surface area contributed by atoms with Gasteiger partial charge in [-0.1, -0.05) is 279 Å². The molecular weight excluding hydrogens is 1060 g/mol. The van der Waals surface area contributed by atoms with Crippen molar-refractivity contribution in [3.05, 3.63) is 97.2 Å². The van der Waals surface area contributed by atoms with E-state index in [-0.39, 0.29) is 19.4 Å². The highest BCUT2D eigenvalue weighted by atomic mass is 16.7. The fraction of sp³-hybridized carbons (Fsp3) is 0.757. The summed E-state index contributed by atoms with van der Waals surface area (Å²) >= 11 is 0. The summed E-state index contributed by atoms with van der Waals surface area (Å²) in [5, 5.41) is 57.2. The number of amides is 1. The van der Waals surface area contributed by atoms with Crippen LogP contribution in [-0.4, -0.2) is 99.6 Å². The van der Waals surface area contributed by atoms with E-state index in [0.717, 1.165) is 122 Å². The number of ether oxygens (including phenoxy) is 3. The van der Waals surface area contributed by atoms with Crippen molar-refractivity contribution in [3.63, 3.8) is 0 Å². The van der Waals surface area contributed by atoms with E-state index < -0.39 is 67.4 Å². The lowest BCUT2D eigenvalue weighted by molar-refractivity contribution is -0.305. The summed E-state index contributed by atoms with van der Waals surface area (Å²) in [6.45, 7) is 5.75. The van der Waals surface area contributed by atoms with Crippen LogP contribution in [-0.2, 0) is 23.8 Å². The largest absolute Gasteiger partial charge is 0.454 e. The number of carbonyl (C=O) groups is 2. The van der Waals surface area contributed by atoms with Crippen LogP contribution in [0.25, 0.3) is 0 Å². The minimum atomic E-state index is -1.62. The van der Waals surface area contributed by atoms with Gasteiger partial charge in [-0.05, 0) is 109 Å². The van der Waals surface area contributed by atoms with E-state index in [0.29, 0.717) is 12.8 Å². The van der Waals surface area contributed by atoms with Gasteiger partial charge in [-0.2, -0.15) is 0 Å². The SMILES string of the molecule is CCCCC/C=C\C/C=C\C/C=C\C/C=C\CCCCCCCCC(O)C(=O)NC(COC1OC(CO)C(O)C(O)C1OC(=O)CCCCCCCCCC/C=C\C/C=C\C/C=C\CCCCC)C(O)/C=C/CCCCCCCCCCCCC. The van der Waals surface area contributed by atoms with Gasteiger partial charge in [0, 0.05) is 6.42 Å². The fourth-order valence-corrected chi connectivity index (χ4v) is 10.4. The molecule has 0 aromatic carbocycles. The average molecular weight is 1190 g/mol. The molecule has 1 aliphatic rings. The molecule has 0 aromatic rings. The molecule has 1 amide bonds. The van der Waals surface area contributed by atoms with Gasteiger partial charge in [-0.25, -0.2) is 0 Å². The molecule has 490 valence electrons. The quantitative estimate of drug-likeness (QED) is 0.0195. The van der Waals surface area contributed by atoms with Gasteiger partial charge in [-0.15, -0.1) is 0 Å². The Kier molecular flexibility index (Phi) is 57.0. The molecular formula is C74H129NO10. The molecule has 85 heavy (non-hydrogen) atoms. The maximum atomic E-state index is 13.5. The molecule has 0 radical (unpaired) electrons. The fourth-order valence-electron chi connectivity index (χ4n) is 10.4. The number of hydrogen-bond acceptors (Lipinski definition) is 10. The zero-order chi connectivity index (χ0) is 61.7. The molecule has 8 unspecified atom stereocenters. The van der Waals surface area contributed by atoms with Gasteiger partial charge in [0.15, 0.2) is 12.4 Å². The van der Waals surface area contributed by atoms with Crippen molar-refractivity contribution in [2.75, 3.05) is 13.2 Å². The summed E-state index contributed by atoms with van der Waals surface area (Å²) < 4.78 is 17.7.